The lowest BCUT2D eigenvalue weighted by molar-refractivity contribution is -0.356. The van der Waals surface area contributed by atoms with E-state index in [2.05, 4.69) is 5.32 Å². The van der Waals surface area contributed by atoms with Crippen LogP contribution in [0.4, 0.5) is 0 Å². The molecule has 0 saturated heterocycles. The monoisotopic (exact) mass is 357 g/mol. The summed E-state index contributed by atoms with van der Waals surface area (Å²) in [5.41, 5.74) is -0.639. The van der Waals surface area contributed by atoms with Gasteiger partial charge in [0.1, 0.15) is 0 Å². The summed E-state index contributed by atoms with van der Waals surface area (Å²) in [5.74, 6) is -4.05. The van der Waals surface area contributed by atoms with Gasteiger partial charge in [0.05, 0.1) is 16.5 Å². The molecule has 2 rings (SSSR count). The lowest BCUT2D eigenvalue weighted by Gasteiger charge is -2.39. The van der Waals surface area contributed by atoms with Gasteiger partial charge in [0.2, 0.25) is 0 Å². The second-order valence-electron chi connectivity index (χ2n) is 6.51. The first-order chi connectivity index (χ1) is 12.3. The lowest BCUT2D eigenvalue weighted by atomic mass is 9.89. The molecule has 0 unspecified atom stereocenters. The van der Waals surface area contributed by atoms with Crippen molar-refractivity contribution in [3.63, 3.8) is 0 Å². The molecule has 2 aromatic carbocycles. The summed E-state index contributed by atoms with van der Waals surface area (Å²) in [5, 5.41) is 13.9. The molecule has 6 heteroatoms. The largest absolute Gasteiger partial charge is 0.394 e. The van der Waals surface area contributed by atoms with E-state index in [4.69, 9.17) is 9.47 Å². The average molecular weight is 357 g/mol. The van der Waals surface area contributed by atoms with E-state index < -0.39 is 23.3 Å². The third-order valence-electron chi connectivity index (χ3n) is 3.96. The molecule has 0 aromatic heterocycles. The van der Waals surface area contributed by atoms with Gasteiger partial charge in [0.15, 0.2) is 0 Å². The van der Waals surface area contributed by atoms with Crippen molar-refractivity contribution in [1.82, 2.24) is 5.32 Å². The Hall–Kier alpha value is -2.70. The maximum atomic E-state index is 12.4. The fourth-order valence-electron chi connectivity index (χ4n) is 2.37. The summed E-state index contributed by atoms with van der Waals surface area (Å²) in [4.78, 5) is 24.9. The summed E-state index contributed by atoms with van der Waals surface area (Å²) in [6.07, 6.45) is 0. The first-order valence-electron chi connectivity index (χ1n) is 8.23. The number of carbonyl (C=O) groups is 2. The lowest BCUT2D eigenvalue weighted by Crippen LogP contribution is -2.55. The predicted molar refractivity (Wildman–Crippen MR) is 96.4 cm³/mol. The zero-order valence-electron chi connectivity index (χ0n) is 15.1. The molecule has 2 N–H and O–H groups in total. The standard InChI is InChI=1S/C20H23NO5/c1-19(2,14-21-3)20(24,25-17(22)15-10-6-4-7-11-15)26-18(23)16-12-8-5-9-13-16/h4-13,21,24H,14H2,1-3H3. The van der Waals surface area contributed by atoms with E-state index in [1.165, 1.54) is 0 Å². The highest BCUT2D eigenvalue weighted by atomic mass is 16.8. The molecule has 0 aliphatic rings. The Kier molecular flexibility index (Phi) is 6.13. The van der Waals surface area contributed by atoms with Crippen LogP contribution in [0.5, 0.6) is 0 Å². The number of rotatable bonds is 7. The van der Waals surface area contributed by atoms with Crippen LogP contribution in [-0.2, 0) is 9.47 Å². The van der Waals surface area contributed by atoms with Crippen LogP contribution in [0.25, 0.3) is 0 Å². The number of carbonyl (C=O) groups excluding carboxylic acids is 2. The third-order valence-corrected chi connectivity index (χ3v) is 3.96. The number of nitrogens with one attached hydrogen (secondary N) is 1. The van der Waals surface area contributed by atoms with Gasteiger partial charge in [-0.1, -0.05) is 36.4 Å². The topological polar surface area (TPSA) is 84.9 Å². The fourth-order valence-corrected chi connectivity index (χ4v) is 2.37. The molecule has 0 radical (unpaired) electrons. The molecule has 0 amide bonds. The van der Waals surface area contributed by atoms with Gasteiger partial charge in [-0.2, -0.15) is 0 Å². The van der Waals surface area contributed by atoms with Crippen LogP contribution >= 0.6 is 0 Å². The van der Waals surface area contributed by atoms with Crippen molar-refractivity contribution >= 4 is 11.9 Å². The molecule has 26 heavy (non-hydrogen) atoms. The first kappa shape index (κ1) is 19.6. The second kappa shape index (κ2) is 8.12. The summed E-state index contributed by atoms with van der Waals surface area (Å²) >= 11 is 0. The zero-order chi connectivity index (χ0) is 19.2. The summed E-state index contributed by atoms with van der Waals surface area (Å²) in [6, 6.07) is 16.4. The second-order valence-corrected chi connectivity index (χ2v) is 6.51. The summed E-state index contributed by atoms with van der Waals surface area (Å²) < 4.78 is 10.5. The highest BCUT2D eigenvalue weighted by Gasteiger charge is 2.51. The van der Waals surface area contributed by atoms with Crippen molar-refractivity contribution in [3.05, 3.63) is 71.8 Å². The van der Waals surface area contributed by atoms with Crippen LogP contribution in [0.2, 0.25) is 0 Å². The molecular formula is C20H23NO5. The minimum Gasteiger partial charge on any atom is -0.394 e. The normalized spacial score (nSPS) is 11.7. The van der Waals surface area contributed by atoms with Gasteiger partial charge in [0, 0.05) is 6.54 Å². The average Bonchev–Trinajstić information content (AvgIpc) is 2.63. The molecule has 0 fully saturated rings. The van der Waals surface area contributed by atoms with Crippen molar-refractivity contribution < 1.29 is 24.2 Å². The van der Waals surface area contributed by atoms with Gasteiger partial charge in [-0.05, 0) is 45.2 Å². The maximum Gasteiger partial charge on any atom is 0.380 e. The zero-order valence-corrected chi connectivity index (χ0v) is 15.1. The number of ether oxygens (including phenoxy) is 2. The van der Waals surface area contributed by atoms with E-state index >= 15 is 0 Å². The Morgan fingerprint density at radius 2 is 1.27 bits per heavy atom. The highest BCUT2D eigenvalue weighted by Crippen LogP contribution is 2.34. The van der Waals surface area contributed by atoms with Gasteiger partial charge < -0.3 is 19.9 Å². The molecule has 0 saturated carbocycles. The van der Waals surface area contributed by atoms with Crippen LogP contribution < -0.4 is 5.32 Å². The van der Waals surface area contributed by atoms with Crippen LogP contribution in [0.15, 0.2) is 60.7 Å². The third kappa shape index (κ3) is 4.47. The smallest absolute Gasteiger partial charge is 0.380 e. The Labute approximate surface area is 152 Å². The number of hydrogen-bond donors (Lipinski definition) is 2. The van der Waals surface area contributed by atoms with Crippen molar-refractivity contribution in [2.24, 2.45) is 5.41 Å². The van der Waals surface area contributed by atoms with E-state index in [1.807, 2.05) is 0 Å². The van der Waals surface area contributed by atoms with Crippen LogP contribution in [0, 0.1) is 5.41 Å². The summed E-state index contributed by atoms with van der Waals surface area (Å²) in [7, 11) is 1.68. The van der Waals surface area contributed by atoms with Crippen LogP contribution in [0.3, 0.4) is 0 Å². The highest BCUT2D eigenvalue weighted by molar-refractivity contribution is 5.91. The van der Waals surface area contributed by atoms with Crippen molar-refractivity contribution in [2.45, 2.75) is 19.8 Å². The molecule has 0 aliphatic carbocycles. The minimum absolute atomic E-state index is 0.230. The number of benzene rings is 2. The molecule has 0 aliphatic heterocycles. The Morgan fingerprint density at radius 3 is 1.62 bits per heavy atom. The molecule has 6 nitrogen and oxygen atoms in total. The number of hydrogen-bond acceptors (Lipinski definition) is 6. The number of aliphatic hydroxyl groups is 1. The SMILES string of the molecule is CNCC(C)(C)C(O)(OC(=O)c1ccccc1)OC(=O)c1ccccc1. The van der Waals surface area contributed by atoms with E-state index in [9.17, 15) is 14.7 Å². The van der Waals surface area contributed by atoms with Crippen molar-refractivity contribution in [1.29, 1.82) is 0 Å². The van der Waals surface area contributed by atoms with E-state index in [-0.39, 0.29) is 17.7 Å². The van der Waals surface area contributed by atoms with E-state index in [0.717, 1.165) is 0 Å². The van der Waals surface area contributed by atoms with Gasteiger partial charge in [0.25, 0.3) is 0 Å². The fraction of sp³-hybridized carbons (Fsp3) is 0.300. The molecule has 0 bridgehead atoms. The first-order valence-corrected chi connectivity index (χ1v) is 8.23. The van der Waals surface area contributed by atoms with Crippen LogP contribution in [-0.4, -0.2) is 36.6 Å². The van der Waals surface area contributed by atoms with Crippen LogP contribution in [0.1, 0.15) is 34.6 Å². The molecule has 0 spiro atoms. The maximum absolute atomic E-state index is 12.4. The Bertz CT molecular complexity index is 690. The van der Waals surface area contributed by atoms with Crippen molar-refractivity contribution in [3.8, 4) is 0 Å². The van der Waals surface area contributed by atoms with Gasteiger partial charge in [-0.15, -0.1) is 0 Å². The molecule has 2 aromatic rings. The van der Waals surface area contributed by atoms with Crippen molar-refractivity contribution in [2.75, 3.05) is 13.6 Å². The number of esters is 2. The van der Waals surface area contributed by atoms with E-state index in [1.54, 1.807) is 81.6 Å². The quantitative estimate of drug-likeness (QED) is 0.585. The Balaban J connectivity index is 2.30. The minimum atomic E-state index is -2.46. The molecular weight excluding hydrogens is 334 g/mol. The van der Waals surface area contributed by atoms with Gasteiger partial charge in [-0.25, -0.2) is 9.59 Å². The predicted octanol–water partition coefficient (Wildman–Crippen LogP) is 2.59. The Morgan fingerprint density at radius 1 is 0.885 bits per heavy atom. The van der Waals surface area contributed by atoms with Gasteiger partial charge in [-0.3, -0.25) is 0 Å². The van der Waals surface area contributed by atoms with Gasteiger partial charge >= 0.3 is 17.9 Å². The molecule has 138 valence electrons. The summed E-state index contributed by atoms with van der Waals surface area (Å²) in [6.45, 7) is 3.48. The molecule has 0 heterocycles. The van der Waals surface area contributed by atoms with E-state index in [0.29, 0.717) is 0 Å². The molecule has 0 atom stereocenters.